The number of aromatic nitrogens is 3. The number of nitrogens with one attached hydrogen (secondary N) is 1. The van der Waals surface area contributed by atoms with Gasteiger partial charge in [0.15, 0.2) is 5.82 Å². The number of aliphatic hydroxyl groups excluding tert-OH is 1. The smallest absolute Gasteiger partial charge is 0.222 e. The zero-order chi connectivity index (χ0) is 13.2. The molecular formula is C13H16N4O2. The number of hydrogen-bond donors (Lipinski definition) is 2. The van der Waals surface area contributed by atoms with Crippen molar-refractivity contribution in [3.05, 3.63) is 35.7 Å². The summed E-state index contributed by atoms with van der Waals surface area (Å²) in [6.07, 6.45) is 0.904. The van der Waals surface area contributed by atoms with Crippen molar-refractivity contribution in [1.82, 2.24) is 14.8 Å². The molecule has 2 N–H and O–H groups in total. The second kappa shape index (κ2) is 4.89. The van der Waals surface area contributed by atoms with Crippen LogP contribution in [-0.2, 0) is 6.61 Å². The Morgan fingerprint density at radius 1 is 1.47 bits per heavy atom. The largest absolute Gasteiger partial charge is 0.496 e. The van der Waals surface area contributed by atoms with Crippen molar-refractivity contribution in [2.45, 2.75) is 19.1 Å². The summed E-state index contributed by atoms with van der Waals surface area (Å²) in [6.45, 7) is 0.673. The number of aliphatic hydroxyl groups is 1. The number of benzene rings is 1. The Bertz CT molecular complexity index is 582. The molecule has 6 nitrogen and oxygen atoms in total. The molecule has 100 valence electrons. The summed E-state index contributed by atoms with van der Waals surface area (Å²) in [4.78, 5) is 4.25. The van der Waals surface area contributed by atoms with Crippen molar-refractivity contribution in [2.24, 2.45) is 0 Å². The summed E-state index contributed by atoms with van der Waals surface area (Å²) < 4.78 is 7.24. The Morgan fingerprint density at radius 2 is 2.32 bits per heavy atom. The summed E-state index contributed by atoms with van der Waals surface area (Å²) in [5, 5.41) is 16.7. The van der Waals surface area contributed by atoms with E-state index in [4.69, 9.17) is 9.84 Å². The molecule has 6 heteroatoms. The summed E-state index contributed by atoms with van der Waals surface area (Å²) in [5.41, 5.74) is 1.09. The number of hydrogen-bond acceptors (Lipinski definition) is 5. The third-order valence-electron chi connectivity index (χ3n) is 3.31. The summed E-state index contributed by atoms with van der Waals surface area (Å²) in [6, 6.07) is 8.01. The Kier molecular flexibility index (Phi) is 3.08. The van der Waals surface area contributed by atoms with E-state index in [1.54, 1.807) is 7.11 Å². The van der Waals surface area contributed by atoms with Gasteiger partial charge >= 0.3 is 0 Å². The van der Waals surface area contributed by atoms with Gasteiger partial charge in [-0.15, -0.1) is 0 Å². The Balaban J connectivity index is 2.05. The lowest BCUT2D eigenvalue weighted by atomic mass is 10.0. The Hall–Kier alpha value is -2.08. The fourth-order valence-electron chi connectivity index (χ4n) is 2.44. The average Bonchev–Trinajstić information content (AvgIpc) is 2.90. The molecule has 2 heterocycles. The van der Waals surface area contributed by atoms with Crippen molar-refractivity contribution in [3.63, 3.8) is 0 Å². The Morgan fingerprint density at radius 3 is 3.11 bits per heavy atom. The molecule has 0 bridgehead atoms. The van der Waals surface area contributed by atoms with Crippen LogP contribution in [0.3, 0.4) is 0 Å². The highest BCUT2D eigenvalue weighted by Gasteiger charge is 2.26. The summed E-state index contributed by atoms with van der Waals surface area (Å²) in [7, 11) is 1.67. The predicted octanol–water partition coefficient (Wildman–Crippen LogP) is 1.18. The monoisotopic (exact) mass is 260 g/mol. The molecule has 0 spiro atoms. The molecule has 1 aliphatic heterocycles. The fraction of sp³-hybridized carbons (Fsp3) is 0.385. The lowest BCUT2D eigenvalue weighted by Gasteiger charge is -2.25. The van der Waals surface area contributed by atoms with Gasteiger partial charge in [-0.25, -0.2) is 4.68 Å². The van der Waals surface area contributed by atoms with E-state index in [1.165, 1.54) is 0 Å². The van der Waals surface area contributed by atoms with E-state index in [0.717, 1.165) is 24.3 Å². The van der Waals surface area contributed by atoms with E-state index in [-0.39, 0.29) is 12.6 Å². The molecule has 1 atom stereocenters. The third kappa shape index (κ3) is 2.04. The quantitative estimate of drug-likeness (QED) is 0.867. The maximum Gasteiger partial charge on any atom is 0.222 e. The highest BCUT2D eigenvalue weighted by molar-refractivity contribution is 5.40. The van der Waals surface area contributed by atoms with Gasteiger partial charge in [0.2, 0.25) is 5.95 Å². The van der Waals surface area contributed by atoms with E-state index in [0.29, 0.717) is 11.8 Å². The van der Waals surface area contributed by atoms with Crippen molar-refractivity contribution in [1.29, 1.82) is 0 Å². The molecule has 0 radical (unpaired) electrons. The minimum absolute atomic E-state index is 0.0835. The van der Waals surface area contributed by atoms with Crippen LogP contribution in [0.5, 0.6) is 5.75 Å². The maximum atomic E-state index is 9.15. The molecule has 1 aromatic heterocycles. The number of methoxy groups -OCH3 is 1. The lowest BCUT2D eigenvalue weighted by Crippen LogP contribution is -2.25. The minimum Gasteiger partial charge on any atom is -0.496 e. The third-order valence-corrected chi connectivity index (χ3v) is 3.31. The van der Waals surface area contributed by atoms with Crippen molar-refractivity contribution < 1.29 is 9.84 Å². The molecule has 0 saturated carbocycles. The lowest BCUT2D eigenvalue weighted by molar-refractivity contribution is 0.270. The van der Waals surface area contributed by atoms with E-state index >= 15 is 0 Å². The maximum absolute atomic E-state index is 9.15. The molecule has 3 rings (SSSR count). The first-order chi connectivity index (χ1) is 9.33. The standard InChI is InChI=1S/C13H16N4O2/c1-19-11-5-3-2-4-9(11)10-6-7-14-13-15-12(8-18)16-17(10)13/h2-5,10,18H,6-8H2,1H3,(H,14,15,16). The van der Waals surface area contributed by atoms with E-state index in [2.05, 4.69) is 15.4 Å². The molecule has 0 saturated heterocycles. The molecule has 1 aromatic carbocycles. The Labute approximate surface area is 111 Å². The van der Waals surface area contributed by atoms with Crippen LogP contribution in [0.15, 0.2) is 24.3 Å². The second-order valence-corrected chi connectivity index (χ2v) is 4.43. The highest BCUT2D eigenvalue weighted by atomic mass is 16.5. The number of ether oxygens (including phenoxy) is 1. The van der Waals surface area contributed by atoms with Gasteiger partial charge in [-0.3, -0.25) is 0 Å². The number of para-hydroxylation sites is 1. The highest BCUT2D eigenvalue weighted by Crippen LogP contribution is 2.33. The number of fused-ring (bicyclic) bond motifs is 1. The SMILES string of the molecule is COc1ccccc1C1CCNc2nc(CO)nn21. The van der Waals surface area contributed by atoms with Gasteiger partial charge in [0.25, 0.3) is 0 Å². The second-order valence-electron chi connectivity index (χ2n) is 4.43. The van der Waals surface area contributed by atoms with Crippen LogP contribution in [0.2, 0.25) is 0 Å². The van der Waals surface area contributed by atoms with Crippen molar-refractivity contribution in [2.75, 3.05) is 19.0 Å². The van der Waals surface area contributed by atoms with Crippen LogP contribution < -0.4 is 10.1 Å². The topological polar surface area (TPSA) is 72.2 Å². The van der Waals surface area contributed by atoms with Gasteiger partial charge in [-0.1, -0.05) is 18.2 Å². The van der Waals surface area contributed by atoms with Crippen molar-refractivity contribution >= 4 is 5.95 Å². The van der Waals surface area contributed by atoms with Gasteiger partial charge in [0, 0.05) is 12.1 Å². The molecule has 1 aliphatic rings. The van der Waals surface area contributed by atoms with E-state index in [9.17, 15) is 0 Å². The molecule has 0 aliphatic carbocycles. The summed E-state index contributed by atoms with van der Waals surface area (Å²) >= 11 is 0. The normalized spacial score (nSPS) is 17.7. The van der Waals surface area contributed by atoms with Crippen LogP contribution in [0.25, 0.3) is 0 Å². The van der Waals surface area contributed by atoms with Crippen LogP contribution >= 0.6 is 0 Å². The molecule has 0 fully saturated rings. The first kappa shape index (κ1) is 12.0. The first-order valence-corrected chi connectivity index (χ1v) is 6.26. The average molecular weight is 260 g/mol. The van der Waals surface area contributed by atoms with Crippen LogP contribution in [-0.4, -0.2) is 33.5 Å². The molecule has 0 amide bonds. The zero-order valence-corrected chi connectivity index (χ0v) is 10.7. The molecular weight excluding hydrogens is 244 g/mol. The predicted molar refractivity (Wildman–Crippen MR) is 70.2 cm³/mol. The van der Waals surface area contributed by atoms with Crippen molar-refractivity contribution in [3.8, 4) is 5.75 Å². The van der Waals surface area contributed by atoms with Gasteiger partial charge in [-0.2, -0.15) is 10.1 Å². The zero-order valence-electron chi connectivity index (χ0n) is 10.7. The number of nitrogens with zero attached hydrogens (tertiary/aromatic N) is 3. The number of anilines is 1. The van der Waals surface area contributed by atoms with E-state index < -0.39 is 0 Å². The van der Waals surface area contributed by atoms with E-state index in [1.807, 2.05) is 28.9 Å². The van der Waals surface area contributed by atoms with Gasteiger partial charge in [0.05, 0.1) is 13.2 Å². The summed E-state index contributed by atoms with van der Waals surface area (Å²) in [5.74, 6) is 1.98. The van der Waals surface area contributed by atoms with Gasteiger partial charge in [-0.05, 0) is 12.5 Å². The molecule has 1 unspecified atom stereocenters. The van der Waals surface area contributed by atoms with Crippen LogP contribution in [0.4, 0.5) is 5.95 Å². The molecule has 2 aromatic rings. The van der Waals surface area contributed by atoms with Gasteiger partial charge in [0.1, 0.15) is 12.4 Å². The van der Waals surface area contributed by atoms with Crippen LogP contribution in [0.1, 0.15) is 23.9 Å². The fourth-order valence-corrected chi connectivity index (χ4v) is 2.44. The van der Waals surface area contributed by atoms with Gasteiger partial charge < -0.3 is 15.2 Å². The van der Waals surface area contributed by atoms with Crippen LogP contribution in [0, 0.1) is 0 Å². The first-order valence-electron chi connectivity index (χ1n) is 6.26. The number of rotatable bonds is 3. The minimum atomic E-state index is -0.152. The molecule has 19 heavy (non-hydrogen) atoms.